The topological polar surface area (TPSA) is 89.7 Å². The van der Waals surface area contributed by atoms with Crippen LogP contribution in [-0.2, 0) is 14.6 Å². The van der Waals surface area contributed by atoms with Crippen molar-refractivity contribution in [1.82, 2.24) is 9.88 Å². The highest BCUT2D eigenvalue weighted by molar-refractivity contribution is 7.91. The summed E-state index contributed by atoms with van der Waals surface area (Å²) in [7, 11) is -3.66. The fourth-order valence-corrected chi connectivity index (χ4v) is 4.34. The van der Waals surface area contributed by atoms with Crippen molar-refractivity contribution in [3.8, 4) is 0 Å². The van der Waals surface area contributed by atoms with Crippen LogP contribution in [0, 0.1) is 0 Å². The number of rotatable bonds is 2. The fourth-order valence-electron chi connectivity index (χ4n) is 2.79. The summed E-state index contributed by atoms with van der Waals surface area (Å²) in [6, 6.07) is 6.94. The quantitative estimate of drug-likeness (QED) is 0.812. The highest BCUT2D eigenvalue weighted by atomic mass is 32.2. The molecule has 1 fully saturated rings. The summed E-state index contributed by atoms with van der Waals surface area (Å²) in [4.78, 5) is 17.7. The number of aromatic nitrogens is 1. The molecule has 8 heteroatoms. The van der Waals surface area contributed by atoms with Crippen LogP contribution >= 0.6 is 0 Å². The molecule has 25 heavy (non-hydrogen) atoms. The first-order chi connectivity index (χ1) is 11.7. The molecule has 0 spiro atoms. The summed E-state index contributed by atoms with van der Waals surface area (Å²) in [6.07, 6.45) is 0.255. The van der Waals surface area contributed by atoms with Gasteiger partial charge in [0.05, 0.1) is 5.25 Å². The standard InChI is InChI=1S/C17H22N2O5S/c1-17(2,3)24-16(20)19-10-8-12(9-11-19)25(21,22)15-18-13-6-4-5-7-14(13)23-15/h4-7,12H,8-11H2,1-3H3. The van der Waals surface area contributed by atoms with E-state index in [2.05, 4.69) is 4.98 Å². The van der Waals surface area contributed by atoms with Gasteiger partial charge in [-0.1, -0.05) is 12.1 Å². The van der Waals surface area contributed by atoms with E-state index in [0.717, 1.165) is 0 Å². The average Bonchev–Trinajstić information content (AvgIpc) is 2.98. The van der Waals surface area contributed by atoms with Crippen molar-refractivity contribution in [1.29, 1.82) is 0 Å². The van der Waals surface area contributed by atoms with Crippen molar-refractivity contribution in [3.05, 3.63) is 24.3 Å². The Morgan fingerprint density at radius 2 is 1.88 bits per heavy atom. The minimum absolute atomic E-state index is 0.246. The minimum atomic E-state index is -3.66. The Labute approximate surface area is 146 Å². The number of nitrogens with zero attached hydrogens (tertiary/aromatic N) is 2. The second kappa shape index (κ2) is 6.33. The maximum atomic E-state index is 12.8. The molecule has 0 unspecified atom stereocenters. The Kier molecular flexibility index (Phi) is 4.49. The van der Waals surface area contributed by atoms with E-state index in [4.69, 9.17) is 9.15 Å². The molecule has 3 rings (SSSR count). The second-order valence-corrected chi connectivity index (χ2v) is 9.27. The number of benzene rings is 1. The molecule has 1 aliphatic heterocycles. The highest BCUT2D eigenvalue weighted by Gasteiger charge is 2.37. The number of hydrogen-bond acceptors (Lipinski definition) is 6. The molecular formula is C17H22N2O5S. The SMILES string of the molecule is CC(C)(C)OC(=O)N1CCC(S(=O)(=O)c2nc3ccccc3o2)CC1. The zero-order valence-electron chi connectivity index (χ0n) is 14.6. The molecule has 0 radical (unpaired) electrons. The summed E-state index contributed by atoms with van der Waals surface area (Å²) in [5.74, 6) is 0. The smallest absolute Gasteiger partial charge is 0.410 e. The lowest BCUT2D eigenvalue weighted by Crippen LogP contribution is -2.44. The number of hydrogen-bond donors (Lipinski definition) is 0. The van der Waals surface area contributed by atoms with E-state index >= 15 is 0 Å². The number of fused-ring (bicyclic) bond motifs is 1. The lowest BCUT2D eigenvalue weighted by molar-refractivity contribution is 0.0217. The van der Waals surface area contributed by atoms with E-state index in [9.17, 15) is 13.2 Å². The Hall–Kier alpha value is -2.09. The van der Waals surface area contributed by atoms with Crippen molar-refractivity contribution in [2.24, 2.45) is 0 Å². The van der Waals surface area contributed by atoms with Crippen LogP contribution in [0.2, 0.25) is 0 Å². The van der Waals surface area contributed by atoms with E-state index in [1.807, 2.05) is 0 Å². The first-order valence-corrected chi connectivity index (χ1v) is 9.79. The molecule has 7 nitrogen and oxygen atoms in total. The van der Waals surface area contributed by atoms with E-state index in [1.54, 1.807) is 49.9 Å². The van der Waals surface area contributed by atoms with Gasteiger partial charge in [0.1, 0.15) is 11.1 Å². The summed E-state index contributed by atoms with van der Waals surface area (Å²) < 4.78 is 36.3. The van der Waals surface area contributed by atoms with Crippen LogP contribution in [0.4, 0.5) is 4.79 Å². The van der Waals surface area contributed by atoms with E-state index < -0.39 is 26.8 Å². The number of sulfone groups is 1. The maximum absolute atomic E-state index is 12.8. The van der Waals surface area contributed by atoms with E-state index in [1.165, 1.54) is 0 Å². The maximum Gasteiger partial charge on any atom is 0.410 e. The monoisotopic (exact) mass is 366 g/mol. The van der Waals surface area contributed by atoms with Crippen LogP contribution in [-0.4, -0.2) is 48.3 Å². The van der Waals surface area contributed by atoms with Crippen molar-refractivity contribution in [3.63, 3.8) is 0 Å². The number of oxazole rings is 1. The Morgan fingerprint density at radius 3 is 2.48 bits per heavy atom. The third-order valence-electron chi connectivity index (χ3n) is 4.05. The Bertz CT molecular complexity index is 841. The number of carbonyl (C=O) groups is 1. The van der Waals surface area contributed by atoms with Gasteiger partial charge in [0.15, 0.2) is 5.58 Å². The Morgan fingerprint density at radius 1 is 1.24 bits per heavy atom. The van der Waals surface area contributed by atoms with Gasteiger partial charge in [-0.15, -0.1) is 0 Å². The second-order valence-electron chi connectivity index (χ2n) is 7.16. The number of amides is 1. The van der Waals surface area contributed by atoms with Gasteiger partial charge < -0.3 is 14.1 Å². The molecule has 0 bridgehead atoms. The predicted molar refractivity (Wildman–Crippen MR) is 92.0 cm³/mol. The van der Waals surface area contributed by atoms with Gasteiger partial charge in [-0.3, -0.25) is 0 Å². The molecule has 136 valence electrons. The third-order valence-corrected chi connectivity index (χ3v) is 6.06. The van der Waals surface area contributed by atoms with Gasteiger partial charge in [-0.25, -0.2) is 13.2 Å². The fraction of sp³-hybridized carbons (Fsp3) is 0.529. The first kappa shape index (κ1) is 17.7. The van der Waals surface area contributed by atoms with E-state index in [0.29, 0.717) is 37.0 Å². The number of likely N-dealkylation sites (tertiary alicyclic amines) is 1. The lowest BCUT2D eigenvalue weighted by Gasteiger charge is -2.32. The lowest BCUT2D eigenvalue weighted by atomic mass is 10.1. The van der Waals surface area contributed by atoms with Crippen molar-refractivity contribution < 1.29 is 22.4 Å². The molecule has 1 aromatic carbocycles. The zero-order chi connectivity index (χ0) is 18.2. The Balaban J connectivity index is 1.70. The molecule has 0 atom stereocenters. The molecule has 1 saturated heterocycles. The zero-order valence-corrected chi connectivity index (χ0v) is 15.4. The third kappa shape index (κ3) is 3.78. The summed E-state index contributed by atoms with van der Waals surface area (Å²) in [6.45, 7) is 6.07. The van der Waals surface area contributed by atoms with Crippen LogP contribution in [0.3, 0.4) is 0 Å². The molecule has 1 aromatic heterocycles. The van der Waals surface area contributed by atoms with Crippen molar-refractivity contribution in [2.75, 3.05) is 13.1 Å². The van der Waals surface area contributed by atoms with Gasteiger partial charge in [0.2, 0.25) is 9.84 Å². The number of ether oxygens (including phenoxy) is 1. The van der Waals surface area contributed by atoms with Crippen LogP contribution in [0.15, 0.2) is 33.9 Å². The van der Waals surface area contributed by atoms with Crippen LogP contribution < -0.4 is 0 Å². The normalized spacial score (nSPS) is 17.0. The molecule has 0 aliphatic carbocycles. The largest absolute Gasteiger partial charge is 0.444 e. The van der Waals surface area contributed by atoms with Gasteiger partial charge >= 0.3 is 11.3 Å². The number of piperidine rings is 1. The van der Waals surface area contributed by atoms with Crippen molar-refractivity contribution in [2.45, 2.75) is 49.7 Å². The van der Waals surface area contributed by atoms with Crippen LogP contribution in [0.25, 0.3) is 11.1 Å². The highest BCUT2D eigenvalue weighted by Crippen LogP contribution is 2.27. The molecule has 0 N–H and O–H groups in total. The summed E-state index contributed by atoms with van der Waals surface area (Å²) >= 11 is 0. The molecule has 2 heterocycles. The first-order valence-electron chi connectivity index (χ1n) is 8.24. The van der Waals surface area contributed by atoms with Crippen LogP contribution in [0.1, 0.15) is 33.6 Å². The van der Waals surface area contributed by atoms with Crippen molar-refractivity contribution >= 4 is 27.0 Å². The van der Waals surface area contributed by atoms with Crippen LogP contribution in [0.5, 0.6) is 0 Å². The van der Waals surface area contributed by atoms with Gasteiger partial charge in [-0.2, -0.15) is 4.98 Å². The molecule has 1 amide bonds. The summed E-state index contributed by atoms with van der Waals surface area (Å²) in [5, 5.41) is -0.858. The van der Waals surface area contributed by atoms with Gasteiger partial charge in [0.25, 0.3) is 0 Å². The molecule has 2 aromatic rings. The van der Waals surface area contributed by atoms with Gasteiger partial charge in [-0.05, 0) is 45.7 Å². The minimum Gasteiger partial charge on any atom is -0.444 e. The molecule has 1 aliphatic rings. The average molecular weight is 366 g/mol. The van der Waals surface area contributed by atoms with Gasteiger partial charge in [0, 0.05) is 13.1 Å². The number of para-hydroxylation sites is 2. The summed E-state index contributed by atoms with van der Waals surface area (Å²) in [5.41, 5.74) is 0.401. The predicted octanol–water partition coefficient (Wildman–Crippen LogP) is 3.00. The molecular weight excluding hydrogens is 344 g/mol. The molecule has 0 saturated carbocycles. The van der Waals surface area contributed by atoms with E-state index in [-0.39, 0.29) is 5.22 Å². The number of carbonyl (C=O) groups excluding carboxylic acids is 1.